The standard InChI is InChI=1S/C34H64O4Se/c1-3-5-7-9-11-13-15-17-19-23-35-27-29-37-25-21-33-31-39-32-34(33)22-26-38-30-28-36-24-20-18-16-14-12-10-8-6-4-2/h31-32H,3-30H2,1-2H3. The molecular formula is C34H64O4Se. The second kappa shape index (κ2) is 30.8. The Hall–Kier alpha value is -0.161. The Balaban J connectivity index is 1.83. The van der Waals surface area contributed by atoms with E-state index in [2.05, 4.69) is 23.7 Å². The molecule has 0 fully saturated rings. The molecule has 0 amide bonds. The van der Waals surface area contributed by atoms with Gasteiger partial charge in [-0.05, 0) is 0 Å². The Morgan fingerprint density at radius 1 is 0.385 bits per heavy atom. The molecule has 1 heterocycles. The molecule has 39 heavy (non-hydrogen) atoms. The fourth-order valence-electron chi connectivity index (χ4n) is 4.83. The fraction of sp³-hybridized carbons (Fsp3) is 0.882. The van der Waals surface area contributed by atoms with Crippen LogP contribution in [-0.4, -0.2) is 67.4 Å². The first kappa shape index (κ1) is 36.9. The van der Waals surface area contributed by atoms with Crippen LogP contribution in [0.3, 0.4) is 0 Å². The molecule has 0 aromatic carbocycles. The summed E-state index contributed by atoms with van der Waals surface area (Å²) in [7, 11) is 0. The molecule has 0 saturated carbocycles. The Morgan fingerprint density at radius 2 is 0.692 bits per heavy atom. The monoisotopic (exact) mass is 616 g/mol. The molecule has 5 heteroatoms. The zero-order valence-corrected chi connectivity index (χ0v) is 27.7. The topological polar surface area (TPSA) is 36.9 Å². The predicted octanol–water partition coefficient (Wildman–Crippen LogP) is 8.96. The molecule has 0 aliphatic rings. The first-order valence-corrected chi connectivity index (χ1v) is 18.7. The molecule has 0 spiro atoms. The van der Waals surface area contributed by atoms with E-state index in [-0.39, 0.29) is 0 Å². The van der Waals surface area contributed by atoms with Crippen LogP contribution in [-0.2, 0) is 31.8 Å². The molecular weight excluding hydrogens is 551 g/mol. The predicted molar refractivity (Wildman–Crippen MR) is 169 cm³/mol. The van der Waals surface area contributed by atoms with Gasteiger partial charge >= 0.3 is 159 Å². The van der Waals surface area contributed by atoms with E-state index in [1.54, 1.807) is 0 Å². The van der Waals surface area contributed by atoms with Crippen molar-refractivity contribution in [2.24, 2.45) is 0 Å². The van der Waals surface area contributed by atoms with Crippen LogP contribution in [0.4, 0.5) is 0 Å². The van der Waals surface area contributed by atoms with Crippen molar-refractivity contribution in [1.29, 1.82) is 0 Å². The maximum atomic E-state index is 5.83. The van der Waals surface area contributed by atoms with Gasteiger partial charge in [0.05, 0.1) is 0 Å². The third-order valence-corrected chi connectivity index (χ3v) is 9.16. The summed E-state index contributed by atoms with van der Waals surface area (Å²) in [6.45, 7) is 10.7. The smallest absolute Gasteiger partial charge is 0.0654 e. The molecule has 0 atom stereocenters. The van der Waals surface area contributed by atoms with Gasteiger partial charge in [0.15, 0.2) is 0 Å². The third-order valence-electron chi connectivity index (χ3n) is 7.39. The average molecular weight is 616 g/mol. The van der Waals surface area contributed by atoms with E-state index in [9.17, 15) is 0 Å². The summed E-state index contributed by atoms with van der Waals surface area (Å²) < 4.78 is 23.2. The van der Waals surface area contributed by atoms with Crippen LogP contribution in [0.15, 0.2) is 9.88 Å². The molecule has 1 rings (SSSR count). The summed E-state index contributed by atoms with van der Waals surface area (Å²) in [5.74, 6) is 0. The minimum Gasteiger partial charge on any atom is -0.0654 e. The van der Waals surface area contributed by atoms with E-state index in [4.69, 9.17) is 18.9 Å². The van der Waals surface area contributed by atoms with Crippen LogP contribution in [0.25, 0.3) is 0 Å². The van der Waals surface area contributed by atoms with E-state index < -0.39 is 0 Å². The molecule has 1 aromatic heterocycles. The van der Waals surface area contributed by atoms with E-state index >= 15 is 0 Å². The molecule has 0 radical (unpaired) electrons. The molecule has 0 unspecified atom stereocenters. The van der Waals surface area contributed by atoms with Gasteiger partial charge in [0.25, 0.3) is 0 Å². The number of rotatable bonds is 32. The number of hydrogen-bond acceptors (Lipinski definition) is 4. The van der Waals surface area contributed by atoms with E-state index in [1.165, 1.54) is 127 Å². The van der Waals surface area contributed by atoms with E-state index in [1.807, 2.05) is 0 Å². The molecule has 0 saturated heterocycles. The molecule has 230 valence electrons. The van der Waals surface area contributed by atoms with E-state index in [0.29, 0.717) is 27.7 Å². The summed E-state index contributed by atoms with van der Waals surface area (Å²) in [5, 5.41) is 0. The Morgan fingerprint density at radius 3 is 1.05 bits per heavy atom. The van der Waals surface area contributed by atoms with Crippen molar-refractivity contribution >= 4 is 14.5 Å². The van der Waals surface area contributed by atoms with Crippen molar-refractivity contribution in [3.8, 4) is 0 Å². The summed E-state index contributed by atoms with van der Waals surface area (Å²) in [6, 6.07) is 0. The molecule has 4 nitrogen and oxygen atoms in total. The van der Waals surface area contributed by atoms with Gasteiger partial charge in [-0.2, -0.15) is 0 Å². The average Bonchev–Trinajstić information content (AvgIpc) is 3.40. The molecule has 0 aliphatic heterocycles. The minimum absolute atomic E-state index is 0.502. The molecule has 1 aromatic rings. The van der Waals surface area contributed by atoms with Crippen molar-refractivity contribution in [1.82, 2.24) is 0 Å². The van der Waals surface area contributed by atoms with Crippen LogP contribution in [0, 0.1) is 0 Å². The molecule has 0 bridgehead atoms. The van der Waals surface area contributed by atoms with Gasteiger partial charge in [-0.1, -0.05) is 90.9 Å². The van der Waals surface area contributed by atoms with Gasteiger partial charge < -0.3 is 0 Å². The van der Waals surface area contributed by atoms with Gasteiger partial charge in [0.2, 0.25) is 0 Å². The number of hydrogen-bond donors (Lipinski definition) is 0. The summed E-state index contributed by atoms with van der Waals surface area (Å²) >= 11 is 0.502. The summed E-state index contributed by atoms with van der Waals surface area (Å²) in [6.07, 6.45) is 26.4. The third kappa shape index (κ3) is 25.3. The minimum atomic E-state index is 0.502. The van der Waals surface area contributed by atoms with Gasteiger partial charge in [-0.3, -0.25) is 0 Å². The van der Waals surface area contributed by atoms with Crippen LogP contribution in [0.1, 0.15) is 141 Å². The van der Waals surface area contributed by atoms with Gasteiger partial charge in [-0.15, -0.1) is 0 Å². The van der Waals surface area contributed by atoms with Crippen molar-refractivity contribution < 1.29 is 18.9 Å². The maximum absolute atomic E-state index is 5.83. The fourth-order valence-corrected chi connectivity index (χ4v) is 6.79. The van der Waals surface area contributed by atoms with Gasteiger partial charge in [0.1, 0.15) is 0 Å². The van der Waals surface area contributed by atoms with Crippen molar-refractivity contribution in [3.63, 3.8) is 0 Å². The van der Waals surface area contributed by atoms with Crippen molar-refractivity contribution in [2.75, 3.05) is 52.9 Å². The van der Waals surface area contributed by atoms with Gasteiger partial charge in [0, 0.05) is 0 Å². The first-order chi connectivity index (χ1) is 19.4. The Kier molecular flexibility index (Phi) is 29.1. The van der Waals surface area contributed by atoms with Crippen molar-refractivity contribution in [2.45, 2.75) is 142 Å². The normalized spacial score (nSPS) is 11.5. The Labute approximate surface area is 249 Å². The van der Waals surface area contributed by atoms with Crippen LogP contribution in [0.2, 0.25) is 0 Å². The second-order valence-corrected chi connectivity index (χ2v) is 12.6. The van der Waals surface area contributed by atoms with Crippen LogP contribution in [0.5, 0.6) is 0 Å². The second-order valence-electron chi connectivity index (χ2n) is 11.0. The molecule has 0 aliphatic carbocycles. The van der Waals surface area contributed by atoms with Crippen LogP contribution < -0.4 is 0 Å². The first-order valence-electron chi connectivity index (χ1n) is 16.7. The zero-order valence-electron chi connectivity index (χ0n) is 26.0. The quantitative estimate of drug-likeness (QED) is 0.0599. The Bertz CT molecular complexity index is 543. The number of ether oxygens (including phenoxy) is 4. The van der Waals surface area contributed by atoms with Gasteiger partial charge in [-0.25, -0.2) is 0 Å². The SMILES string of the molecule is CCCCCCCCCCCOCCOCCc1c[se]cc1CCOCCOCCCCCCCCCCC. The molecule has 0 N–H and O–H groups in total. The van der Waals surface area contributed by atoms with E-state index in [0.717, 1.165) is 52.5 Å². The van der Waals surface area contributed by atoms with Crippen molar-refractivity contribution in [3.05, 3.63) is 21.0 Å². The summed E-state index contributed by atoms with van der Waals surface area (Å²) in [4.78, 5) is 4.81. The zero-order chi connectivity index (χ0) is 27.9. The van der Waals surface area contributed by atoms with Crippen LogP contribution >= 0.6 is 0 Å². The number of unbranched alkanes of at least 4 members (excludes halogenated alkanes) is 16. The summed E-state index contributed by atoms with van der Waals surface area (Å²) in [5.41, 5.74) is 2.94.